The number of hydrogen-bond acceptors (Lipinski definition) is 8. The SMILES string of the molecule is CCCN(CCCN=O)C(=O)C1=Cc2ccc(-c3ccc(C(=O)N4CCCC4)cc3)cc2N=C(N(N)CCN(C)C)C1. The van der Waals surface area contributed by atoms with Crippen LogP contribution in [0.25, 0.3) is 17.2 Å². The summed E-state index contributed by atoms with van der Waals surface area (Å²) in [5, 5.41) is 4.58. The Kier molecular flexibility index (Phi) is 11.0. The third-order valence-electron chi connectivity index (χ3n) is 7.67. The van der Waals surface area contributed by atoms with E-state index in [0.717, 1.165) is 61.3 Å². The summed E-state index contributed by atoms with van der Waals surface area (Å²) in [6.07, 6.45) is 5.67. The number of amides is 2. The molecule has 0 aliphatic carbocycles. The van der Waals surface area contributed by atoms with Crippen LogP contribution in [-0.4, -0.2) is 97.3 Å². The fraction of sp³-hybridized carbons (Fsp3) is 0.469. The lowest BCUT2D eigenvalue weighted by molar-refractivity contribution is -0.127. The fourth-order valence-corrected chi connectivity index (χ4v) is 5.29. The summed E-state index contributed by atoms with van der Waals surface area (Å²) in [6.45, 7) is 6.20. The van der Waals surface area contributed by atoms with Crippen LogP contribution in [-0.2, 0) is 4.79 Å². The van der Waals surface area contributed by atoms with E-state index in [0.29, 0.717) is 49.4 Å². The molecule has 42 heavy (non-hydrogen) atoms. The predicted octanol–water partition coefficient (Wildman–Crippen LogP) is 4.54. The van der Waals surface area contributed by atoms with Gasteiger partial charge in [-0.25, -0.2) is 10.8 Å². The summed E-state index contributed by atoms with van der Waals surface area (Å²) in [7, 11) is 3.97. The van der Waals surface area contributed by atoms with Crippen LogP contribution >= 0.6 is 0 Å². The number of nitrogens with zero attached hydrogens (tertiary/aromatic N) is 6. The maximum absolute atomic E-state index is 13.7. The van der Waals surface area contributed by atoms with Gasteiger partial charge in [-0.3, -0.25) is 14.6 Å². The molecule has 2 aromatic rings. The van der Waals surface area contributed by atoms with Gasteiger partial charge in [-0.15, -0.1) is 0 Å². The fourth-order valence-electron chi connectivity index (χ4n) is 5.29. The second-order valence-corrected chi connectivity index (χ2v) is 11.2. The summed E-state index contributed by atoms with van der Waals surface area (Å²) in [5.41, 5.74) is 4.82. The van der Waals surface area contributed by atoms with Gasteiger partial charge >= 0.3 is 0 Å². The van der Waals surface area contributed by atoms with E-state index in [1.807, 2.05) is 79.4 Å². The van der Waals surface area contributed by atoms with Gasteiger partial charge in [0, 0.05) is 62.4 Å². The normalized spacial score (nSPS) is 14.6. The third kappa shape index (κ3) is 7.89. The van der Waals surface area contributed by atoms with E-state index in [-0.39, 0.29) is 18.4 Å². The van der Waals surface area contributed by atoms with Gasteiger partial charge < -0.3 is 14.7 Å². The van der Waals surface area contributed by atoms with Crippen LogP contribution in [0.5, 0.6) is 0 Å². The molecule has 4 rings (SSSR count). The predicted molar refractivity (Wildman–Crippen MR) is 168 cm³/mol. The maximum atomic E-state index is 13.7. The summed E-state index contributed by atoms with van der Waals surface area (Å²) in [5.74, 6) is 7.13. The number of rotatable bonds is 12. The minimum absolute atomic E-state index is 0.0772. The van der Waals surface area contributed by atoms with Crippen molar-refractivity contribution in [3.8, 4) is 11.1 Å². The number of nitroso groups, excluding NO2 is 1. The molecule has 2 aromatic carbocycles. The molecule has 2 amide bonds. The number of aliphatic imine (C=N–C) groups is 1. The molecule has 10 heteroatoms. The van der Waals surface area contributed by atoms with Crippen LogP contribution in [0.2, 0.25) is 0 Å². The molecule has 1 saturated heterocycles. The molecule has 2 aliphatic heterocycles. The van der Waals surface area contributed by atoms with Crippen molar-refractivity contribution < 1.29 is 9.59 Å². The molecule has 10 nitrogen and oxygen atoms in total. The van der Waals surface area contributed by atoms with E-state index in [1.54, 1.807) is 9.91 Å². The number of nitrogens with two attached hydrogens (primary N) is 1. The monoisotopic (exact) mass is 573 g/mol. The highest BCUT2D eigenvalue weighted by Gasteiger charge is 2.24. The third-order valence-corrected chi connectivity index (χ3v) is 7.67. The molecule has 2 N–H and O–H groups in total. The van der Waals surface area contributed by atoms with Gasteiger partial charge in [0.25, 0.3) is 5.91 Å². The molecular weight excluding hydrogens is 530 g/mol. The lowest BCUT2D eigenvalue weighted by Crippen LogP contribution is -2.43. The minimum atomic E-state index is -0.0772. The smallest absolute Gasteiger partial charge is 0.253 e. The molecule has 0 bridgehead atoms. The molecule has 0 unspecified atom stereocenters. The number of fused-ring (bicyclic) bond motifs is 1. The van der Waals surface area contributed by atoms with E-state index in [2.05, 4.69) is 5.18 Å². The van der Waals surface area contributed by atoms with Crippen LogP contribution in [0, 0.1) is 4.91 Å². The number of likely N-dealkylation sites (N-methyl/N-ethyl adjacent to an activating group) is 1. The van der Waals surface area contributed by atoms with Crippen molar-refractivity contribution in [2.24, 2.45) is 16.0 Å². The van der Waals surface area contributed by atoms with Crippen molar-refractivity contribution in [2.45, 2.75) is 39.0 Å². The average molecular weight is 574 g/mol. The Hall–Kier alpha value is -3.89. The number of likely N-dealkylation sites (tertiary alicyclic amines) is 1. The highest BCUT2D eigenvalue weighted by atomic mass is 16.3. The van der Waals surface area contributed by atoms with Crippen molar-refractivity contribution >= 4 is 29.4 Å². The zero-order valence-electron chi connectivity index (χ0n) is 25.1. The van der Waals surface area contributed by atoms with Gasteiger partial charge in [0.2, 0.25) is 5.91 Å². The average Bonchev–Trinajstić information content (AvgIpc) is 3.46. The summed E-state index contributed by atoms with van der Waals surface area (Å²) in [4.78, 5) is 47.9. The molecule has 224 valence electrons. The summed E-state index contributed by atoms with van der Waals surface area (Å²) >= 11 is 0. The second-order valence-electron chi connectivity index (χ2n) is 11.2. The van der Waals surface area contributed by atoms with Gasteiger partial charge in [-0.05, 0) is 75.2 Å². The lowest BCUT2D eigenvalue weighted by Gasteiger charge is -2.25. The van der Waals surface area contributed by atoms with E-state index in [9.17, 15) is 14.5 Å². The molecule has 0 aromatic heterocycles. The molecular formula is C32H43N7O3. The summed E-state index contributed by atoms with van der Waals surface area (Å²) < 4.78 is 0. The molecule has 0 saturated carbocycles. The highest BCUT2D eigenvalue weighted by Crippen LogP contribution is 2.33. The quantitative estimate of drug-likeness (QED) is 0.173. The van der Waals surface area contributed by atoms with E-state index < -0.39 is 0 Å². The van der Waals surface area contributed by atoms with E-state index >= 15 is 0 Å². The Balaban J connectivity index is 1.65. The minimum Gasteiger partial charge on any atom is -0.339 e. The Morgan fingerprint density at radius 2 is 1.69 bits per heavy atom. The molecule has 0 radical (unpaired) electrons. The molecule has 2 aliphatic rings. The van der Waals surface area contributed by atoms with Gasteiger partial charge in [0.05, 0.1) is 12.2 Å². The van der Waals surface area contributed by atoms with Crippen molar-refractivity contribution in [1.82, 2.24) is 19.7 Å². The largest absolute Gasteiger partial charge is 0.339 e. The standard InChI is InChI=1S/C32H43N7O3/c1-4-15-37(18-7-14-34-42)32(41)28-21-27-13-12-26(22-29(27)35-30(23-28)39(33)20-19-36(2)3)24-8-10-25(11-9-24)31(40)38-16-5-6-17-38/h8-13,21-22H,4-7,14-20,23,33H2,1-3H3. The molecule has 0 atom stereocenters. The van der Waals surface area contributed by atoms with Gasteiger partial charge in [-0.2, -0.15) is 4.91 Å². The van der Waals surface area contributed by atoms with E-state index in [1.165, 1.54) is 0 Å². The number of hydrogen-bond donors (Lipinski definition) is 1. The van der Waals surface area contributed by atoms with Crippen LogP contribution in [0.15, 0.2) is 58.2 Å². The first kappa shape index (κ1) is 31.1. The van der Waals surface area contributed by atoms with Gasteiger partial charge in [-0.1, -0.05) is 36.4 Å². The number of carbonyl (C=O) groups excluding carboxylic acids is 2. The highest BCUT2D eigenvalue weighted by molar-refractivity contribution is 6.06. The molecule has 1 fully saturated rings. The van der Waals surface area contributed by atoms with Crippen LogP contribution < -0.4 is 5.84 Å². The van der Waals surface area contributed by atoms with Crippen molar-refractivity contribution in [3.63, 3.8) is 0 Å². The molecule has 2 heterocycles. The maximum Gasteiger partial charge on any atom is 0.253 e. The van der Waals surface area contributed by atoms with Crippen molar-refractivity contribution in [1.29, 1.82) is 0 Å². The van der Waals surface area contributed by atoms with E-state index in [4.69, 9.17) is 10.8 Å². The van der Waals surface area contributed by atoms with Gasteiger partial charge in [0.1, 0.15) is 5.84 Å². The zero-order valence-corrected chi connectivity index (χ0v) is 25.1. The number of carbonyl (C=O) groups is 2. The number of benzene rings is 2. The van der Waals surface area contributed by atoms with Crippen LogP contribution in [0.1, 0.15) is 54.9 Å². The second kappa shape index (κ2) is 14.8. The number of hydrazine groups is 1. The van der Waals surface area contributed by atoms with Crippen LogP contribution in [0.3, 0.4) is 0 Å². The van der Waals surface area contributed by atoms with Crippen LogP contribution in [0.4, 0.5) is 5.69 Å². The van der Waals surface area contributed by atoms with Crippen molar-refractivity contribution in [3.05, 3.63) is 64.1 Å². The Labute approximate surface area is 248 Å². The Morgan fingerprint density at radius 1 is 0.976 bits per heavy atom. The topological polar surface area (TPSA) is 115 Å². The Bertz CT molecular complexity index is 1310. The summed E-state index contributed by atoms with van der Waals surface area (Å²) in [6, 6.07) is 13.7. The zero-order chi connectivity index (χ0) is 30.1. The first-order chi connectivity index (χ1) is 20.3. The first-order valence-electron chi connectivity index (χ1n) is 14.9. The van der Waals surface area contributed by atoms with Gasteiger partial charge in [0.15, 0.2) is 0 Å². The first-order valence-corrected chi connectivity index (χ1v) is 14.9. The molecule has 0 spiro atoms. The number of amidine groups is 1. The lowest BCUT2D eigenvalue weighted by atomic mass is 9.99. The Morgan fingerprint density at radius 3 is 2.36 bits per heavy atom. The van der Waals surface area contributed by atoms with Crippen molar-refractivity contribution in [2.75, 3.05) is 59.9 Å².